The predicted molar refractivity (Wildman–Crippen MR) is 80.6 cm³/mol. The number of sulfonamides is 1. The highest BCUT2D eigenvalue weighted by Gasteiger charge is 2.30. The number of rotatable bonds is 7. The van der Waals surface area contributed by atoms with Crippen molar-refractivity contribution in [2.75, 3.05) is 13.6 Å². The fourth-order valence-electron chi connectivity index (χ4n) is 2.33. The summed E-state index contributed by atoms with van der Waals surface area (Å²) >= 11 is 0. The Morgan fingerprint density at radius 3 is 2.62 bits per heavy atom. The van der Waals surface area contributed by atoms with Gasteiger partial charge in [-0.1, -0.05) is 19.8 Å². The zero-order valence-electron chi connectivity index (χ0n) is 12.6. The number of unbranched alkanes of at least 4 members (excludes halogenated alkanes) is 2. The average Bonchev–Trinajstić information content (AvgIpc) is 3.15. The minimum absolute atomic E-state index is 0.0136. The number of nitrogens with two attached hydrogens (primary N) is 1. The number of aromatic nitrogens is 1. The highest BCUT2D eigenvalue weighted by molar-refractivity contribution is 7.89. The molecule has 0 unspecified atom stereocenters. The molecule has 1 aliphatic carbocycles. The topological polar surface area (TPSA) is 85.4 Å². The first-order valence-electron chi connectivity index (χ1n) is 7.34. The quantitative estimate of drug-likeness (QED) is 0.778. The van der Waals surface area contributed by atoms with Crippen molar-refractivity contribution in [3.05, 3.63) is 18.0 Å². The molecule has 0 radical (unpaired) electrons. The highest BCUT2D eigenvalue weighted by atomic mass is 32.2. The van der Waals surface area contributed by atoms with Gasteiger partial charge in [-0.3, -0.25) is 4.79 Å². The van der Waals surface area contributed by atoms with Crippen LogP contribution in [0.5, 0.6) is 0 Å². The largest absolute Gasteiger partial charge is 0.340 e. The van der Waals surface area contributed by atoms with Crippen LogP contribution in [-0.2, 0) is 10.0 Å². The van der Waals surface area contributed by atoms with E-state index in [4.69, 9.17) is 5.14 Å². The zero-order valence-corrected chi connectivity index (χ0v) is 13.4. The number of hydrogen-bond donors (Lipinski definition) is 1. The third-order valence-corrected chi connectivity index (χ3v) is 4.64. The first-order chi connectivity index (χ1) is 9.84. The van der Waals surface area contributed by atoms with Gasteiger partial charge in [-0.2, -0.15) is 0 Å². The van der Waals surface area contributed by atoms with E-state index in [1.807, 2.05) is 0 Å². The Hall–Kier alpha value is -1.34. The Morgan fingerprint density at radius 1 is 1.43 bits per heavy atom. The molecule has 0 atom stereocenters. The molecule has 2 N–H and O–H groups in total. The maximum atomic E-state index is 12.5. The Labute approximate surface area is 126 Å². The summed E-state index contributed by atoms with van der Waals surface area (Å²) in [5.74, 6) is -0.145. The van der Waals surface area contributed by atoms with E-state index < -0.39 is 10.0 Å². The second-order valence-corrected chi connectivity index (χ2v) is 7.24. The van der Waals surface area contributed by atoms with Gasteiger partial charge >= 0.3 is 0 Å². The number of hydrogen-bond acceptors (Lipinski definition) is 3. The van der Waals surface area contributed by atoms with Crippen LogP contribution in [-0.4, -0.2) is 37.4 Å². The molecule has 1 amide bonds. The molecule has 118 valence electrons. The van der Waals surface area contributed by atoms with Crippen LogP contribution in [0.3, 0.4) is 0 Å². The number of carbonyl (C=O) groups is 1. The van der Waals surface area contributed by atoms with E-state index in [0.29, 0.717) is 12.2 Å². The fourth-order valence-corrected chi connectivity index (χ4v) is 2.87. The molecule has 0 aromatic carbocycles. The van der Waals surface area contributed by atoms with Gasteiger partial charge in [0.1, 0.15) is 10.6 Å². The number of amides is 1. The normalized spacial score (nSPS) is 15.2. The van der Waals surface area contributed by atoms with E-state index in [1.165, 1.54) is 12.3 Å². The van der Waals surface area contributed by atoms with Gasteiger partial charge < -0.3 is 9.47 Å². The van der Waals surface area contributed by atoms with Crippen molar-refractivity contribution >= 4 is 15.9 Å². The van der Waals surface area contributed by atoms with Crippen LogP contribution in [0.25, 0.3) is 0 Å². The average molecular weight is 313 g/mol. The van der Waals surface area contributed by atoms with Crippen molar-refractivity contribution in [3.8, 4) is 0 Å². The molecule has 0 bridgehead atoms. The molecular formula is C14H23N3O3S. The van der Waals surface area contributed by atoms with E-state index in [2.05, 4.69) is 6.92 Å². The van der Waals surface area contributed by atoms with Crippen molar-refractivity contribution in [1.82, 2.24) is 9.47 Å². The van der Waals surface area contributed by atoms with E-state index in [1.54, 1.807) is 16.5 Å². The minimum Gasteiger partial charge on any atom is -0.340 e. The first kappa shape index (κ1) is 16.0. The van der Waals surface area contributed by atoms with Crippen LogP contribution < -0.4 is 5.14 Å². The molecule has 7 heteroatoms. The molecule has 1 aromatic rings. The summed E-state index contributed by atoms with van der Waals surface area (Å²) in [7, 11) is -2.03. The maximum Gasteiger partial charge on any atom is 0.270 e. The summed E-state index contributed by atoms with van der Waals surface area (Å²) in [5, 5.41) is 5.17. The lowest BCUT2D eigenvalue weighted by molar-refractivity contribution is 0.0781. The Morgan fingerprint density at radius 2 is 2.10 bits per heavy atom. The fraction of sp³-hybridized carbons (Fsp3) is 0.643. The van der Waals surface area contributed by atoms with Gasteiger partial charge in [0.15, 0.2) is 0 Å². The molecule has 1 aliphatic rings. The van der Waals surface area contributed by atoms with Crippen LogP contribution in [0.15, 0.2) is 17.2 Å². The Kier molecular flexibility index (Phi) is 4.73. The second kappa shape index (κ2) is 6.19. The molecule has 0 spiro atoms. The minimum atomic E-state index is -3.78. The zero-order chi connectivity index (χ0) is 15.6. The lowest BCUT2D eigenvalue weighted by atomic mass is 10.2. The van der Waals surface area contributed by atoms with Crippen LogP contribution in [0.1, 0.15) is 55.6 Å². The summed E-state index contributed by atoms with van der Waals surface area (Å²) in [6.45, 7) is 2.78. The molecule has 1 aromatic heterocycles. The van der Waals surface area contributed by atoms with Gasteiger partial charge in [-0.15, -0.1) is 0 Å². The summed E-state index contributed by atoms with van der Waals surface area (Å²) in [6, 6.07) is 1.62. The van der Waals surface area contributed by atoms with Gasteiger partial charge in [0, 0.05) is 25.8 Å². The van der Waals surface area contributed by atoms with Crippen molar-refractivity contribution in [3.63, 3.8) is 0 Å². The molecule has 0 saturated heterocycles. The van der Waals surface area contributed by atoms with Gasteiger partial charge in [0.05, 0.1) is 0 Å². The summed E-state index contributed by atoms with van der Waals surface area (Å²) in [4.78, 5) is 14.2. The van der Waals surface area contributed by atoms with Crippen LogP contribution in [0, 0.1) is 0 Å². The van der Waals surface area contributed by atoms with Crippen molar-refractivity contribution in [1.29, 1.82) is 0 Å². The molecule has 2 rings (SSSR count). The number of primary sulfonamides is 1. The monoisotopic (exact) mass is 313 g/mol. The standard InChI is InChI=1S/C14H23N3O3S/c1-3-4-5-8-16(2)14(18)13-9-12(21(15,19)20)10-17(13)11-6-7-11/h9-11H,3-8H2,1-2H3,(H2,15,19,20). The Bertz CT molecular complexity index is 617. The van der Waals surface area contributed by atoms with E-state index >= 15 is 0 Å². The molecule has 1 fully saturated rings. The highest BCUT2D eigenvalue weighted by Crippen LogP contribution is 2.37. The lowest BCUT2D eigenvalue weighted by Gasteiger charge is -2.18. The molecule has 6 nitrogen and oxygen atoms in total. The van der Waals surface area contributed by atoms with E-state index in [9.17, 15) is 13.2 Å². The predicted octanol–water partition coefficient (Wildman–Crippen LogP) is 1.73. The van der Waals surface area contributed by atoms with Gasteiger partial charge in [-0.25, -0.2) is 13.6 Å². The van der Waals surface area contributed by atoms with Crippen molar-refractivity contribution in [2.24, 2.45) is 5.14 Å². The SMILES string of the molecule is CCCCCN(C)C(=O)c1cc(S(N)(=O)=O)cn1C1CC1. The first-order valence-corrected chi connectivity index (χ1v) is 8.89. The van der Waals surface area contributed by atoms with Crippen LogP contribution in [0.2, 0.25) is 0 Å². The van der Waals surface area contributed by atoms with E-state index in [-0.39, 0.29) is 16.8 Å². The Balaban J connectivity index is 2.21. The summed E-state index contributed by atoms with van der Waals surface area (Å²) < 4.78 is 24.7. The smallest absolute Gasteiger partial charge is 0.270 e. The lowest BCUT2D eigenvalue weighted by Crippen LogP contribution is -2.29. The van der Waals surface area contributed by atoms with Crippen molar-refractivity contribution < 1.29 is 13.2 Å². The third-order valence-electron chi connectivity index (χ3n) is 3.76. The molecule has 0 aliphatic heterocycles. The molecule has 1 saturated carbocycles. The summed E-state index contributed by atoms with van der Waals surface area (Å²) in [6.07, 6.45) is 6.54. The van der Waals surface area contributed by atoms with Gasteiger partial charge in [0.2, 0.25) is 10.0 Å². The van der Waals surface area contributed by atoms with Crippen LogP contribution in [0.4, 0.5) is 0 Å². The molecule has 1 heterocycles. The molecule has 21 heavy (non-hydrogen) atoms. The third kappa shape index (κ3) is 3.85. The van der Waals surface area contributed by atoms with Gasteiger partial charge in [-0.05, 0) is 25.3 Å². The number of carbonyl (C=O) groups excluding carboxylic acids is 1. The summed E-state index contributed by atoms with van der Waals surface area (Å²) in [5.41, 5.74) is 0.417. The van der Waals surface area contributed by atoms with Crippen LogP contribution >= 0.6 is 0 Å². The second-order valence-electron chi connectivity index (χ2n) is 5.68. The van der Waals surface area contributed by atoms with E-state index in [0.717, 1.165) is 32.1 Å². The number of nitrogens with zero attached hydrogens (tertiary/aromatic N) is 2. The van der Waals surface area contributed by atoms with Gasteiger partial charge in [0.25, 0.3) is 5.91 Å². The van der Waals surface area contributed by atoms with Crippen molar-refractivity contribution in [2.45, 2.75) is 50.0 Å². The maximum absolute atomic E-state index is 12.5. The molecular weight excluding hydrogens is 290 g/mol.